The summed E-state index contributed by atoms with van der Waals surface area (Å²) in [7, 11) is 1.56. The zero-order chi connectivity index (χ0) is 26.7. The molecule has 0 aliphatic heterocycles. The lowest BCUT2D eigenvalue weighted by Crippen LogP contribution is -2.46. The Morgan fingerprint density at radius 1 is 1.08 bits per heavy atom. The molecule has 3 aromatic rings. The van der Waals surface area contributed by atoms with Crippen LogP contribution in [0.25, 0.3) is 0 Å². The number of aromatic nitrogens is 1. The van der Waals surface area contributed by atoms with Crippen LogP contribution in [0.15, 0.2) is 42.5 Å². The maximum Gasteiger partial charge on any atom is 0.273 e. The van der Waals surface area contributed by atoms with Crippen molar-refractivity contribution in [2.45, 2.75) is 51.6 Å². The average Bonchev–Trinajstić information content (AvgIpc) is 3.51. The van der Waals surface area contributed by atoms with Gasteiger partial charge in [-0.1, -0.05) is 31.0 Å². The highest BCUT2D eigenvalue weighted by Crippen LogP contribution is 2.35. The van der Waals surface area contributed by atoms with Gasteiger partial charge in [0.2, 0.25) is 5.91 Å². The Balaban J connectivity index is 1.88. The standard InChI is InChI=1S/C27H31N5O4S/c1-15-12-16(2)14-19(13-15)32(27(35)24-21(28)22(25(29)33)31-37-24)23(17-8-10-20(36-3)11-9-17)26(34)30-18-6-4-5-7-18/h8-14,18,23H,4-7,28H2,1-3H3,(H2,29,33)(H,30,34)/t23-/m1/s1. The summed E-state index contributed by atoms with van der Waals surface area (Å²) in [4.78, 5) is 41.3. The summed E-state index contributed by atoms with van der Waals surface area (Å²) in [6.45, 7) is 3.85. The number of nitrogen functional groups attached to an aromatic ring is 1. The summed E-state index contributed by atoms with van der Waals surface area (Å²) in [6, 6.07) is 11.7. The lowest BCUT2D eigenvalue weighted by molar-refractivity contribution is -0.123. The maximum atomic E-state index is 14.2. The van der Waals surface area contributed by atoms with Gasteiger partial charge in [0, 0.05) is 11.7 Å². The second-order valence-corrected chi connectivity index (χ2v) is 10.1. The number of nitrogens with two attached hydrogens (primary N) is 2. The topological polar surface area (TPSA) is 141 Å². The van der Waals surface area contributed by atoms with E-state index in [1.54, 1.807) is 31.4 Å². The highest BCUT2D eigenvalue weighted by atomic mass is 32.1. The number of benzene rings is 2. The molecule has 1 heterocycles. The molecule has 0 radical (unpaired) electrons. The van der Waals surface area contributed by atoms with Crippen molar-refractivity contribution >= 4 is 40.6 Å². The Morgan fingerprint density at radius 3 is 2.24 bits per heavy atom. The number of nitrogens with one attached hydrogen (secondary N) is 1. The Morgan fingerprint density at radius 2 is 1.70 bits per heavy atom. The molecule has 1 atom stereocenters. The molecule has 1 aliphatic carbocycles. The van der Waals surface area contributed by atoms with Crippen LogP contribution in [0.2, 0.25) is 0 Å². The van der Waals surface area contributed by atoms with E-state index in [2.05, 4.69) is 9.69 Å². The molecule has 10 heteroatoms. The zero-order valence-electron chi connectivity index (χ0n) is 21.1. The first-order chi connectivity index (χ1) is 17.7. The van der Waals surface area contributed by atoms with Gasteiger partial charge in [-0.3, -0.25) is 19.3 Å². The molecule has 1 fully saturated rings. The number of rotatable bonds is 8. The molecule has 0 unspecified atom stereocenters. The maximum absolute atomic E-state index is 14.2. The van der Waals surface area contributed by atoms with Crippen LogP contribution < -0.4 is 26.4 Å². The van der Waals surface area contributed by atoms with Gasteiger partial charge in [0.1, 0.15) is 16.7 Å². The SMILES string of the molecule is COc1ccc([C@H](C(=O)NC2CCCC2)N(C(=O)c2snc(C(N)=O)c2N)c2cc(C)cc(C)c2)cc1. The third-order valence-electron chi connectivity index (χ3n) is 6.50. The van der Waals surface area contributed by atoms with E-state index >= 15 is 0 Å². The minimum atomic E-state index is -1.02. The van der Waals surface area contributed by atoms with Gasteiger partial charge >= 0.3 is 0 Å². The predicted octanol–water partition coefficient (Wildman–Crippen LogP) is 3.90. The fourth-order valence-electron chi connectivity index (χ4n) is 4.77. The van der Waals surface area contributed by atoms with Crippen LogP contribution in [0.3, 0.4) is 0 Å². The molecule has 37 heavy (non-hydrogen) atoms. The predicted molar refractivity (Wildman–Crippen MR) is 144 cm³/mol. The second-order valence-electron chi connectivity index (χ2n) is 9.32. The molecule has 0 bridgehead atoms. The smallest absolute Gasteiger partial charge is 0.273 e. The fourth-order valence-corrected chi connectivity index (χ4v) is 5.51. The highest BCUT2D eigenvalue weighted by Gasteiger charge is 2.37. The molecule has 1 saturated carbocycles. The number of methoxy groups -OCH3 is 1. The first-order valence-corrected chi connectivity index (χ1v) is 12.9. The molecule has 4 rings (SSSR count). The Hall–Kier alpha value is -3.92. The van der Waals surface area contributed by atoms with Gasteiger partial charge in [0.05, 0.1) is 12.8 Å². The summed E-state index contributed by atoms with van der Waals surface area (Å²) in [6.07, 6.45) is 3.88. The van der Waals surface area contributed by atoms with Gasteiger partial charge in [-0.2, -0.15) is 4.37 Å². The van der Waals surface area contributed by atoms with Crippen LogP contribution in [-0.4, -0.2) is 35.2 Å². The van der Waals surface area contributed by atoms with E-state index in [0.717, 1.165) is 48.3 Å². The number of ether oxygens (including phenoxy) is 1. The molecule has 0 spiro atoms. The highest BCUT2D eigenvalue weighted by molar-refractivity contribution is 7.09. The van der Waals surface area contributed by atoms with E-state index in [-0.39, 0.29) is 28.2 Å². The molecular weight excluding hydrogens is 490 g/mol. The first-order valence-electron chi connectivity index (χ1n) is 12.1. The number of amides is 3. The van der Waals surface area contributed by atoms with Crippen molar-refractivity contribution in [2.24, 2.45) is 5.73 Å². The second kappa shape index (κ2) is 11.0. The van der Waals surface area contributed by atoms with Gasteiger partial charge in [-0.05, 0) is 79.2 Å². The van der Waals surface area contributed by atoms with Crippen LogP contribution in [0.1, 0.15) is 68.6 Å². The summed E-state index contributed by atoms with van der Waals surface area (Å²) < 4.78 is 9.31. The molecular formula is C27H31N5O4S. The number of hydrogen-bond acceptors (Lipinski definition) is 7. The molecule has 2 aromatic carbocycles. The number of aryl methyl sites for hydroxylation is 2. The number of hydrogen-bond donors (Lipinski definition) is 3. The molecule has 1 aliphatic rings. The van der Waals surface area contributed by atoms with Crippen LogP contribution in [0.5, 0.6) is 5.75 Å². The van der Waals surface area contributed by atoms with Crippen molar-refractivity contribution in [1.29, 1.82) is 0 Å². The number of carbonyl (C=O) groups excluding carboxylic acids is 3. The molecule has 5 N–H and O–H groups in total. The van der Waals surface area contributed by atoms with Crippen molar-refractivity contribution < 1.29 is 19.1 Å². The van der Waals surface area contributed by atoms with Gasteiger partial charge in [-0.25, -0.2) is 0 Å². The van der Waals surface area contributed by atoms with Gasteiger partial charge < -0.3 is 21.5 Å². The fraction of sp³-hybridized carbons (Fsp3) is 0.333. The summed E-state index contributed by atoms with van der Waals surface area (Å²) in [5, 5.41) is 3.15. The molecule has 9 nitrogen and oxygen atoms in total. The van der Waals surface area contributed by atoms with Gasteiger partial charge in [-0.15, -0.1) is 0 Å². The van der Waals surface area contributed by atoms with Crippen LogP contribution >= 0.6 is 11.5 Å². The van der Waals surface area contributed by atoms with Gasteiger partial charge in [0.25, 0.3) is 11.8 Å². The molecule has 3 amide bonds. The Labute approximate surface area is 220 Å². The third kappa shape index (κ3) is 5.59. The lowest BCUT2D eigenvalue weighted by atomic mass is 10.0. The van der Waals surface area contributed by atoms with E-state index in [4.69, 9.17) is 16.2 Å². The summed E-state index contributed by atoms with van der Waals surface area (Å²) in [5.41, 5.74) is 14.3. The number of anilines is 2. The monoisotopic (exact) mass is 521 g/mol. The average molecular weight is 522 g/mol. The van der Waals surface area contributed by atoms with E-state index in [9.17, 15) is 14.4 Å². The largest absolute Gasteiger partial charge is 0.497 e. The van der Waals surface area contributed by atoms with E-state index < -0.39 is 17.9 Å². The van der Waals surface area contributed by atoms with E-state index in [1.807, 2.05) is 32.0 Å². The first kappa shape index (κ1) is 26.2. The summed E-state index contributed by atoms with van der Waals surface area (Å²) in [5.74, 6) is -1.05. The van der Waals surface area contributed by atoms with Crippen LogP contribution in [0.4, 0.5) is 11.4 Å². The van der Waals surface area contributed by atoms with Crippen molar-refractivity contribution in [1.82, 2.24) is 9.69 Å². The summed E-state index contributed by atoms with van der Waals surface area (Å²) >= 11 is 0.789. The minimum Gasteiger partial charge on any atom is -0.497 e. The number of primary amides is 1. The molecule has 0 saturated heterocycles. The van der Waals surface area contributed by atoms with Crippen LogP contribution in [0, 0.1) is 13.8 Å². The van der Waals surface area contributed by atoms with Crippen LogP contribution in [-0.2, 0) is 4.79 Å². The van der Waals surface area contributed by atoms with Crippen molar-refractivity contribution in [3.63, 3.8) is 0 Å². The third-order valence-corrected chi connectivity index (χ3v) is 7.35. The Kier molecular flexibility index (Phi) is 7.77. The molecule has 194 valence electrons. The molecule has 1 aromatic heterocycles. The van der Waals surface area contributed by atoms with Crippen molar-refractivity contribution in [3.8, 4) is 5.75 Å². The number of carbonyl (C=O) groups is 3. The minimum absolute atomic E-state index is 0.0411. The van der Waals surface area contributed by atoms with Crippen molar-refractivity contribution in [3.05, 3.63) is 69.7 Å². The van der Waals surface area contributed by atoms with Crippen molar-refractivity contribution in [2.75, 3.05) is 17.7 Å². The lowest BCUT2D eigenvalue weighted by Gasteiger charge is -2.32. The normalized spacial score (nSPS) is 14.2. The Bertz CT molecular complexity index is 1290. The van der Waals surface area contributed by atoms with E-state index in [1.165, 1.54) is 4.90 Å². The number of nitrogens with zero attached hydrogens (tertiary/aromatic N) is 2. The van der Waals surface area contributed by atoms with E-state index in [0.29, 0.717) is 17.0 Å². The van der Waals surface area contributed by atoms with Gasteiger partial charge in [0.15, 0.2) is 5.69 Å². The zero-order valence-corrected chi connectivity index (χ0v) is 21.9. The quantitative estimate of drug-likeness (QED) is 0.411.